The van der Waals surface area contributed by atoms with E-state index < -0.39 is 0 Å². The number of hydrogen-bond acceptors (Lipinski definition) is 2. The van der Waals surface area contributed by atoms with Gasteiger partial charge in [-0.15, -0.1) is 0 Å². The van der Waals surface area contributed by atoms with Crippen molar-refractivity contribution in [3.8, 4) is 22.5 Å². The normalized spacial score (nSPS) is 11.3. The molecular weight excluding hydrogens is 510 g/mol. The summed E-state index contributed by atoms with van der Waals surface area (Å²) < 4.78 is 6.42. The van der Waals surface area contributed by atoms with E-state index in [9.17, 15) is 0 Å². The van der Waals surface area contributed by atoms with Crippen molar-refractivity contribution in [2.24, 2.45) is 0 Å². The van der Waals surface area contributed by atoms with Gasteiger partial charge in [0.15, 0.2) is 0 Å². The number of benzene rings is 7. The second-order valence-corrected chi connectivity index (χ2v) is 10.6. The predicted molar refractivity (Wildman–Crippen MR) is 177 cm³/mol. The fraction of sp³-hybridized carbons (Fsp3) is 0. The van der Waals surface area contributed by atoms with Crippen molar-refractivity contribution < 1.29 is 4.42 Å². The number of nitrogens with zero attached hydrogens (tertiary/aromatic N) is 1. The second-order valence-electron chi connectivity index (χ2n) is 10.6. The molecule has 0 aliphatic carbocycles. The zero-order valence-corrected chi connectivity index (χ0v) is 22.9. The summed E-state index contributed by atoms with van der Waals surface area (Å²) in [6.07, 6.45) is 0. The first kappa shape index (κ1) is 24.2. The third-order valence-electron chi connectivity index (χ3n) is 8.05. The molecule has 8 rings (SSSR count). The molecule has 0 fully saturated rings. The SMILES string of the molecule is c1ccc(-c2ccccc2N(c2ccc3c(ccc4ccccc43)c2)c2ccccc2-c2cc3ccccc3o2)cc1. The molecule has 0 radical (unpaired) electrons. The third-order valence-corrected chi connectivity index (χ3v) is 8.05. The van der Waals surface area contributed by atoms with Gasteiger partial charge in [-0.25, -0.2) is 0 Å². The minimum absolute atomic E-state index is 0.848. The van der Waals surface area contributed by atoms with Crippen LogP contribution in [0.2, 0.25) is 0 Å². The van der Waals surface area contributed by atoms with E-state index in [4.69, 9.17) is 4.42 Å². The minimum atomic E-state index is 0.848. The highest BCUT2D eigenvalue weighted by atomic mass is 16.3. The van der Waals surface area contributed by atoms with Crippen LogP contribution in [0.4, 0.5) is 17.1 Å². The van der Waals surface area contributed by atoms with E-state index in [1.165, 1.54) is 27.1 Å². The molecule has 0 bridgehead atoms. The van der Waals surface area contributed by atoms with Crippen LogP contribution in [0, 0.1) is 0 Å². The molecule has 0 amide bonds. The van der Waals surface area contributed by atoms with Gasteiger partial charge in [0.05, 0.1) is 11.4 Å². The molecule has 1 heterocycles. The van der Waals surface area contributed by atoms with Crippen LogP contribution in [-0.4, -0.2) is 0 Å². The Balaban J connectivity index is 1.39. The van der Waals surface area contributed by atoms with Crippen LogP contribution < -0.4 is 4.90 Å². The lowest BCUT2D eigenvalue weighted by Crippen LogP contribution is -2.12. The fourth-order valence-electron chi connectivity index (χ4n) is 6.07. The van der Waals surface area contributed by atoms with Crippen LogP contribution in [0.15, 0.2) is 168 Å². The molecule has 0 saturated heterocycles. The zero-order valence-electron chi connectivity index (χ0n) is 22.9. The van der Waals surface area contributed by atoms with E-state index in [0.29, 0.717) is 0 Å². The molecule has 1 aromatic heterocycles. The van der Waals surface area contributed by atoms with Crippen LogP contribution >= 0.6 is 0 Å². The summed E-state index contributed by atoms with van der Waals surface area (Å²) in [5.41, 5.74) is 7.51. The quantitative estimate of drug-likeness (QED) is 0.203. The molecule has 2 heteroatoms. The Kier molecular flexibility index (Phi) is 5.82. The Bertz CT molecular complexity index is 2180. The largest absolute Gasteiger partial charge is 0.456 e. The van der Waals surface area contributed by atoms with Crippen molar-refractivity contribution in [1.29, 1.82) is 0 Å². The molecule has 0 unspecified atom stereocenters. The first-order valence-electron chi connectivity index (χ1n) is 14.3. The lowest BCUT2D eigenvalue weighted by atomic mass is 9.98. The monoisotopic (exact) mass is 537 g/mol. The maximum Gasteiger partial charge on any atom is 0.137 e. The van der Waals surface area contributed by atoms with Gasteiger partial charge in [-0.3, -0.25) is 0 Å². The summed E-state index contributed by atoms with van der Waals surface area (Å²) in [6.45, 7) is 0. The average Bonchev–Trinajstić information content (AvgIpc) is 3.50. The highest BCUT2D eigenvalue weighted by molar-refractivity contribution is 6.09. The van der Waals surface area contributed by atoms with E-state index in [0.717, 1.165) is 44.9 Å². The van der Waals surface area contributed by atoms with Gasteiger partial charge < -0.3 is 9.32 Å². The molecule has 2 nitrogen and oxygen atoms in total. The van der Waals surface area contributed by atoms with E-state index in [1.54, 1.807) is 0 Å². The molecular formula is C40H27NO. The molecule has 42 heavy (non-hydrogen) atoms. The van der Waals surface area contributed by atoms with Gasteiger partial charge >= 0.3 is 0 Å². The second kappa shape index (κ2) is 10.1. The predicted octanol–water partition coefficient (Wildman–Crippen LogP) is 11.5. The number of anilines is 3. The van der Waals surface area contributed by atoms with Crippen LogP contribution in [-0.2, 0) is 0 Å². The summed E-state index contributed by atoms with van der Waals surface area (Å²) >= 11 is 0. The van der Waals surface area contributed by atoms with Crippen LogP contribution in [0.1, 0.15) is 0 Å². The van der Waals surface area contributed by atoms with E-state index in [2.05, 4.69) is 157 Å². The first-order valence-corrected chi connectivity index (χ1v) is 14.3. The van der Waals surface area contributed by atoms with Crippen molar-refractivity contribution in [2.75, 3.05) is 4.90 Å². The average molecular weight is 538 g/mol. The van der Waals surface area contributed by atoms with Crippen LogP contribution in [0.25, 0.3) is 55.0 Å². The molecule has 0 spiro atoms. The van der Waals surface area contributed by atoms with Gasteiger partial charge in [-0.1, -0.05) is 121 Å². The van der Waals surface area contributed by atoms with Gasteiger partial charge in [-0.05, 0) is 69.6 Å². The first-order chi connectivity index (χ1) is 20.8. The van der Waals surface area contributed by atoms with Gasteiger partial charge in [0.25, 0.3) is 0 Å². The number of hydrogen-bond donors (Lipinski definition) is 0. The Morgan fingerprint density at radius 3 is 1.86 bits per heavy atom. The molecule has 0 aliphatic heterocycles. The van der Waals surface area contributed by atoms with Crippen LogP contribution in [0.5, 0.6) is 0 Å². The Labute approximate surface area is 244 Å². The van der Waals surface area contributed by atoms with Gasteiger partial charge in [0, 0.05) is 22.2 Å². The maximum absolute atomic E-state index is 6.42. The fourth-order valence-corrected chi connectivity index (χ4v) is 6.07. The standard InChI is InChI=1S/C40H27NO/c1-2-12-28(13-3-1)35-17-7-9-19-37(35)41(32-24-25-34-30(26-32)23-22-29-14-4-6-16-33(29)34)38-20-10-8-18-36(38)40-27-31-15-5-11-21-39(31)42-40/h1-27H. The Morgan fingerprint density at radius 1 is 0.405 bits per heavy atom. The summed E-state index contributed by atoms with van der Waals surface area (Å²) in [7, 11) is 0. The number of fused-ring (bicyclic) bond motifs is 4. The molecule has 8 aromatic rings. The number of furan rings is 1. The van der Waals surface area contributed by atoms with Gasteiger partial charge in [-0.2, -0.15) is 0 Å². The van der Waals surface area contributed by atoms with Gasteiger partial charge in [0.2, 0.25) is 0 Å². The lowest BCUT2D eigenvalue weighted by molar-refractivity contribution is 0.631. The lowest BCUT2D eigenvalue weighted by Gasteiger charge is -2.29. The summed E-state index contributed by atoms with van der Waals surface area (Å²) in [5.74, 6) is 0.848. The molecule has 7 aromatic carbocycles. The van der Waals surface area contributed by atoms with E-state index in [-0.39, 0.29) is 0 Å². The number of para-hydroxylation sites is 3. The number of rotatable bonds is 5. The van der Waals surface area contributed by atoms with Crippen LogP contribution in [0.3, 0.4) is 0 Å². The summed E-state index contributed by atoms with van der Waals surface area (Å²) in [4.78, 5) is 2.37. The minimum Gasteiger partial charge on any atom is -0.456 e. The Hall–Kier alpha value is -5.60. The summed E-state index contributed by atoms with van der Waals surface area (Å²) in [5, 5.41) is 6.06. The molecule has 198 valence electrons. The van der Waals surface area contributed by atoms with Crippen molar-refractivity contribution >= 4 is 49.6 Å². The molecule has 0 saturated carbocycles. The highest BCUT2D eigenvalue weighted by Crippen LogP contribution is 2.46. The molecule has 0 aliphatic rings. The Morgan fingerprint density at radius 2 is 1.02 bits per heavy atom. The van der Waals surface area contributed by atoms with E-state index in [1.807, 2.05) is 12.1 Å². The van der Waals surface area contributed by atoms with Crippen molar-refractivity contribution in [3.63, 3.8) is 0 Å². The van der Waals surface area contributed by atoms with Crippen molar-refractivity contribution in [2.45, 2.75) is 0 Å². The van der Waals surface area contributed by atoms with E-state index >= 15 is 0 Å². The van der Waals surface area contributed by atoms with Crippen molar-refractivity contribution in [1.82, 2.24) is 0 Å². The topological polar surface area (TPSA) is 16.4 Å². The van der Waals surface area contributed by atoms with Crippen molar-refractivity contribution in [3.05, 3.63) is 164 Å². The highest BCUT2D eigenvalue weighted by Gasteiger charge is 2.22. The third kappa shape index (κ3) is 4.13. The molecule has 0 N–H and O–H groups in total. The van der Waals surface area contributed by atoms with Gasteiger partial charge in [0.1, 0.15) is 11.3 Å². The summed E-state index contributed by atoms with van der Waals surface area (Å²) in [6, 6.07) is 58.0. The molecule has 0 atom stereocenters. The smallest absolute Gasteiger partial charge is 0.137 e. The zero-order chi connectivity index (χ0) is 27.9. The maximum atomic E-state index is 6.42.